The first kappa shape index (κ1) is 43.4. The second kappa shape index (κ2) is 18.1. The van der Waals surface area contributed by atoms with Crippen LogP contribution in [-0.2, 0) is 26.1 Å². The summed E-state index contributed by atoms with van der Waals surface area (Å²) in [6.07, 6.45) is 20.0. The molecular formula is C44H38Cl2F2N16O3. The lowest BCUT2D eigenvalue weighted by molar-refractivity contribution is 0.0690. The minimum Gasteiger partial charge on any atom is -0.476 e. The molecule has 0 spiro atoms. The van der Waals surface area contributed by atoms with Crippen molar-refractivity contribution in [3.05, 3.63) is 160 Å². The van der Waals surface area contributed by atoms with E-state index in [9.17, 15) is 18.4 Å². The molecule has 19 nitrogen and oxygen atoms in total. The zero-order chi connectivity index (χ0) is 46.3. The summed E-state index contributed by atoms with van der Waals surface area (Å²) in [6, 6.07) is 10.9. The fraction of sp³-hybridized carbons (Fsp3) is 0.250. The topological polar surface area (TPSA) is 224 Å². The first-order chi connectivity index (χ1) is 32.5. The lowest BCUT2D eigenvalue weighted by Gasteiger charge is -2.01. The number of hydrogen-bond acceptors (Lipinski definition) is 12. The van der Waals surface area contributed by atoms with Crippen molar-refractivity contribution in [3.8, 4) is 0 Å². The van der Waals surface area contributed by atoms with Crippen LogP contribution in [0.4, 0.5) is 8.78 Å². The zero-order valence-electron chi connectivity index (χ0n) is 35.2. The third-order valence-corrected chi connectivity index (χ3v) is 11.8. The average Bonchev–Trinajstić information content (AvgIpc) is 3.90. The van der Waals surface area contributed by atoms with E-state index < -0.39 is 17.6 Å². The van der Waals surface area contributed by atoms with Crippen LogP contribution in [0.5, 0.6) is 0 Å². The second-order valence-electron chi connectivity index (χ2n) is 16.1. The summed E-state index contributed by atoms with van der Waals surface area (Å²) in [7, 11) is 0. The molecule has 340 valence electrons. The van der Waals surface area contributed by atoms with Crippen LogP contribution in [-0.4, -0.2) is 89.6 Å². The first-order valence-electron chi connectivity index (χ1n) is 21.2. The van der Waals surface area contributed by atoms with Crippen LogP contribution in [0.1, 0.15) is 98.9 Å². The van der Waals surface area contributed by atoms with Crippen molar-refractivity contribution in [2.24, 2.45) is 5.73 Å². The molecule has 3 N–H and O–H groups in total. The van der Waals surface area contributed by atoms with E-state index in [0.717, 1.165) is 34.1 Å². The maximum atomic E-state index is 14.4. The van der Waals surface area contributed by atoms with Crippen LogP contribution in [0.3, 0.4) is 0 Å². The molecule has 10 heterocycles. The minimum atomic E-state index is -1.09. The fourth-order valence-corrected chi connectivity index (χ4v) is 7.81. The zero-order valence-corrected chi connectivity index (χ0v) is 36.8. The molecule has 0 bridgehead atoms. The number of nitrogens with zero attached hydrogens (tertiary/aromatic N) is 15. The lowest BCUT2D eigenvalue weighted by Crippen LogP contribution is -2.03. The summed E-state index contributed by atoms with van der Waals surface area (Å²) in [5.41, 5.74) is 12.8. The highest BCUT2D eigenvalue weighted by molar-refractivity contribution is 6.31. The quantitative estimate of drug-likeness (QED) is 0.123. The number of aromatic carboxylic acids is 1. The Balaban J connectivity index is 0.000000131. The predicted molar refractivity (Wildman–Crippen MR) is 238 cm³/mol. The number of pyridine rings is 2. The molecule has 10 aromatic rings. The number of carboxylic acids is 1. The van der Waals surface area contributed by atoms with Crippen molar-refractivity contribution in [2.75, 3.05) is 0 Å². The number of aryl methyl sites for hydroxylation is 1. The SMILES string of the molecule is NCc1ncn2ccc(Cl)c(F)c12.O=C(CCc1ncn2ccc(Cl)c(F)c12)c1cnn(Cc2cn3nc(C4CC4)ccc3n2)c1.O=C(O)c1cn(Cc2cn3nc(C4CC4)ccc3n2)nn1. The van der Waals surface area contributed by atoms with Gasteiger partial charge >= 0.3 is 5.97 Å². The van der Waals surface area contributed by atoms with Gasteiger partial charge < -0.3 is 19.6 Å². The number of nitrogens with two attached hydrogens (primary N) is 1. The number of ketones is 1. The van der Waals surface area contributed by atoms with E-state index in [1.807, 2.05) is 36.7 Å². The highest BCUT2D eigenvalue weighted by Crippen LogP contribution is 2.39. The number of aromatic nitrogens is 15. The maximum absolute atomic E-state index is 14.4. The molecule has 0 radical (unpaired) electrons. The number of imidazole rings is 4. The van der Waals surface area contributed by atoms with Gasteiger partial charge in [-0.05, 0) is 68.5 Å². The van der Waals surface area contributed by atoms with Crippen molar-refractivity contribution in [2.45, 2.75) is 70.0 Å². The van der Waals surface area contributed by atoms with Gasteiger partial charge in [-0.1, -0.05) is 28.4 Å². The monoisotopic (exact) mass is 946 g/mol. The number of carboxylic acid groups (broad SMARTS) is 1. The van der Waals surface area contributed by atoms with Crippen LogP contribution in [0.2, 0.25) is 10.0 Å². The fourth-order valence-electron chi connectivity index (χ4n) is 7.52. The maximum Gasteiger partial charge on any atom is 0.358 e. The molecule has 2 saturated carbocycles. The predicted octanol–water partition coefficient (Wildman–Crippen LogP) is 6.64. The van der Waals surface area contributed by atoms with Crippen LogP contribution in [0.15, 0.2) is 92.4 Å². The van der Waals surface area contributed by atoms with Gasteiger partial charge in [0.05, 0.1) is 100 Å². The molecule has 0 aliphatic heterocycles. The summed E-state index contributed by atoms with van der Waals surface area (Å²) in [6.45, 7) is 1.00. The van der Waals surface area contributed by atoms with E-state index in [1.165, 1.54) is 61.3 Å². The molecule has 0 aromatic carbocycles. The number of rotatable bonds is 12. The molecule has 23 heteroatoms. The van der Waals surface area contributed by atoms with Gasteiger partial charge in [0.1, 0.15) is 11.0 Å². The Morgan fingerprint density at radius 3 is 1.82 bits per heavy atom. The van der Waals surface area contributed by atoms with Crippen LogP contribution >= 0.6 is 23.2 Å². The Labute approximate surface area is 387 Å². The highest BCUT2D eigenvalue weighted by Gasteiger charge is 2.26. The third kappa shape index (κ3) is 9.33. The van der Waals surface area contributed by atoms with Gasteiger partial charge in [0, 0.05) is 43.4 Å². The lowest BCUT2D eigenvalue weighted by atomic mass is 10.1. The molecule has 2 fully saturated rings. The van der Waals surface area contributed by atoms with Gasteiger partial charge in [-0.25, -0.2) is 47.2 Å². The van der Waals surface area contributed by atoms with E-state index in [-0.39, 0.29) is 34.5 Å². The van der Waals surface area contributed by atoms with Crippen LogP contribution < -0.4 is 5.73 Å². The largest absolute Gasteiger partial charge is 0.476 e. The van der Waals surface area contributed by atoms with Gasteiger partial charge in [0.25, 0.3) is 0 Å². The second-order valence-corrected chi connectivity index (χ2v) is 17.0. The summed E-state index contributed by atoms with van der Waals surface area (Å²) in [5.74, 6) is -1.01. The van der Waals surface area contributed by atoms with E-state index in [1.54, 1.807) is 47.3 Å². The Kier molecular flexibility index (Phi) is 11.7. The van der Waals surface area contributed by atoms with Gasteiger partial charge in [-0.15, -0.1) is 5.10 Å². The number of hydrogen-bond donors (Lipinski definition) is 2. The smallest absolute Gasteiger partial charge is 0.358 e. The average molecular weight is 948 g/mol. The summed E-state index contributed by atoms with van der Waals surface area (Å²) in [4.78, 5) is 40.7. The molecule has 67 heavy (non-hydrogen) atoms. The molecule has 0 saturated heterocycles. The van der Waals surface area contributed by atoms with Crippen LogP contribution in [0, 0.1) is 11.6 Å². The van der Waals surface area contributed by atoms with Gasteiger partial charge in [0.2, 0.25) is 0 Å². The van der Waals surface area contributed by atoms with Gasteiger partial charge in [0.15, 0.2) is 34.4 Å². The van der Waals surface area contributed by atoms with Gasteiger partial charge in [-0.2, -0.15) is 15.3 Å². The molecule has 0 atom stereocenters. The normalized spacial score (nSPS) is 13.6. The van der Waals surface area contributed by atoms with Crippen molar-refractivity contribution in [1.29, 1.82) is 0 Å². The third-order valence-electron chi connectivity index (χ3n) is 11.3. The number of halogens is 4. The molecular weight excluding hydrogens is 909 g/mol. The molecule has 12 rings (SSSR count). The molecule has 2 aliphatic carbocycles. The Morgan fingerprint density at radius 1 is 0.731 bits per heavy atom. The van der Waals surface area contributed by atoms with Crippen LogP contribution in [0.25, 0.3) is 22.3 Å². The van der Waals surface area contributed by atoms with Crippen molar-refractivity contribution in [1.82, 2.24) is 72.7 Å². The molecule has 10 aromatic heterocycles. The number of carbonyl (C=O) groups excluding carboxylic acids is 1. The van der Waals surface area contributed by atoms with E-state index in [4.69, 9.17) is 34.0 Å². The van der Waals surface area contributed by atoms with E-state index >= 15 is 0 Å². The van der Waals surface area contributed by atoms with E-state index in [2.05, 4.69) is 45.5 Å². The minimum absolute atomic E-state index is 0.0303. The summed E-state index contributed by atoms with van der Waals surface area (Å²) in [5, 5.41) is 29.8. The Hall–Kier alpha value is -7.49. The van der Waals surface area contributed by atoms with E-state index in [0.29, 0.717) is 59.3 Å². The Bertz CT molecular complexity index is 3470. The van der Waals surface area contributed by atoms with Crippen molar-refractivity contribution in [3.63, 3.8) is 0 Å². The Morgan fingerprint density at radius 2 is 1.28 bits per heavy atom. The molecule has 0 unspecified atom stereocenters. The highest BCUT2D eigenvalue weighted by atomic mass is 35.5. The number of carbonyl (C=O) groups is 2. The number of Topliss-reactive ketones (excluding diaryl/α,β-unsaturated/α-hetero) is 1. The standard InChI is InChI=1S/C23H19ClFN7O.C13H12N6O2.C8H7ClFN3/c24-17-7-8-30-13-26-19(23(30)22(17)25)3-5-20(33)15-9-27-31(10-15)11-16-12-32-21(28-16)6-4-18(29-32)14-1-2-14;20-13(21)11-7-18(17-15-11)5-9-6-19-12(14-9)4-3-10(16-19)8-1-2-8;9-5-1-2-13-4-12-6(3-11)8(13)7(5)10/h4,6-10,12-14H,1-3,5,11H2;3-4,6-8H,1-2,5H2,(H,20,21);1-2,4H,3,11H2. The number of fused-ring (bicyclic) bond motifs is 4. The summed E-state index contributed by atoms with van der Waals surface area (Å²) >= 11 is 11.5. The van der Waals surface area contributed by atoms with Crippen molar-refractivity contribution >= 4 is 57.3 Å². The molecule has 0 amide bonds. The molecule has 2 aliphatic rings. The first-order valence-corrected chi connectivity index (χ1v) is 21.9. The van der Waals surface area contributed by atoms with Crippen molar-refractivity contribution < 1.29 is 23.5 Å². The van der Waals surface area contributed by atoms with Gasteiger partial charge in [-0.3, -0.25) is 9.48 Å². The summed E-state index contributed by atoms with van der Waals surface area (Å²) < 4.78 is 37.6.